The first-order valence-corrected chi connectivity index (χ1v) is 12.3. The minimum Gasteiger partial charge on any atom is -0.399 e. The van der Waals surface area contributed by atoms with Gasteiger partial charge in [-0.3, -0.25) is 4.79 Å². The lowest BCUT2D eigenvalue weighted by Gasteiger charge is -2.39. The number of hydrogen-bond donors (Lipinski definition) is 4. The van der Waals surface area contributed by atoms with Crippen molar-refractivity contribution in [3.05, 3.63) is 61.0 Å². The van der Waals surface area contributed by atoms with Crippen molar-refractivity contribution in [2.24, 2.45) is 11.7 Å². The Morgan fingerprint density at radius 2 is 1.79 bits per heavy atom. The first kappa shape index (κ1) is 24.9. The molecule has 6 nitrogen and oxygen atoms in total. The fourth-order valence-corrected chi connectivity index (χ4v) is 5.09. The number of likely N-dealkylation sites (N-methyl/N-ethyl adjacent to an activating group) is 1. The first-order chi connectivity index (χ1) is 15.8. The van der Waals surface area contributed by atoms with Crippen LogP contribution in [0.2, 0.25) is 0 Å². The van der Waals surface area contributed by atoms with Crippen molar-refractivity contribution < 1.29 is 4.79 Å². The molecule has 1 aliphatic carbocycles. The number of para-hydroxylation sites is 1. The van der Waals surface area contributed by atoms with Crippen LogP contribution >= 0.6 is 0 Å². The van der Waals surface area contributed by atoms with Crippen molar-refractivity contribution in [1.29, 1.82) is 0 Å². The SMILES string of the molecule is C=C(N)c1ccccc1NC(=O)[C@@H]1CCCN1C(=C)[C@@H](NC(=C)[C@H](C)NC)C1CCCCC1. The number of carbonyl (C=O) groups excluding carboxylic acids is 1. The van der Waals surface area contributed by atoms with Crippen LogP contribution in [0, 0.1) is 5.92 Å². The van der Waals surface area contributed by atoms with Crippen molar-refractivity contribution in [3.8, 4) is 0 Å². The summed E-state index contributed by atoms with van der Waals surface area (Å²) in [6.07, 6.45) is 7.91. The second-order valence-electron chi connectivity index (χ2n) is 9.46. The van der Waals surface area contributed by atoms with E-state index in [9.17, 15) is 4.79 Å². The Labute approximate surface area is 199 Å². The number of anilines is 1. The van der Waals surface area contributed by atoms with Crippen molar-refractivity contribution in [2.75, 3.05) is 18.9 Å². The summed E-state index contributed by atoms with van der Waals surface area (Å²) < 4.78 is 0. The molecule has 5 N–H and O–H groups in total. The van der Waals surface area contributed by atoms with Gasteiger partial charge < -0.3 is 26.6 Å². The first-order valence-electron chi connectivity index (χ1n) is 12.3. The van der Waals surface area contributed by atoms with Gasteiger partial charge in [-0.1, -0.05) is 57.2 Å². The molecule has 180 valence electrons. The molecule has 6 heteroatoms. The predicted molar refractivity (Wildman–Crippen MR) is 138 cm³/mol. The summed E-state index contributed by atoms with van der Waals surface area (Å²) in [5.74, 6) is 0.477. The lowest BCUT2D eigenvalue weighted by Crippen LogP contribution is -2.49. The maximum absolute atomic E-state index is 13.4. The van der Waals surface area contributed by atoms with Crippen LogP contribution < -0.4 is 21.7 Å². The quantitative estimate of drug-likeness (QED) is 0.429. The van der Waals surface area contributed by atoms with Crippen LogP contribution in [0.15, 0.2) is 55.4 Å². The van der Waals surface area contributed by atoms with Crippen LogP contribution in [0.1, 0.15) is 57.4 Å². The smallest absolute Gasteiger partial charge is 0.247 e. The van der Waals surface area contributed by atoms with E-state index >= 15 is 0 Å². The summed E-state index contributed by atoms with van der Waals surface area (Å²) in [4.78, 5) is 15.6. The van der Waals surface area contributed by atoms with Crippen molar-refractivity contribution in [1.82, 2.24) is 15.5 Å². The van der Waals surface area contributed by atoms with E-state index in [1.54, 1.807) is 0 Å². The summed E-state index contributed by atoms with van der Waals surface area (Å²) in [7, 11) is 1.94. The minimum absolute atomic E-state index is 0.0211. The van der Waals surface area contributed by atoms with Crippen molar-refractivity contribution in [2.45, 2.75) is 70.0 Å². The molecule has 3 rings (SSSR count). The lowest BCUT2D eigenvalue weighted by molar-refractivity contribution is -0.119. The van der Waals surface area contributed by atoms with Crippen LogP contribution in [-0.4, -0.2) is 42.5 Å². The molecule has 33 heavy (non-hydrogen) atoms. The number of hydrogen-bond acceptors (Lipinski definition) is 5. The molecule has 1 aromatic carbocycles. The zero-order chi connectivity index (χ0) is 24.0. The van der Waals surface area contributed by atoms with Crippen molar-refractivity contribution in [3.63, 3.8) is 0 Å². The number of nitrogens with one attached hydrogen (secondary N) is 3. The molecular weight excluding hydrogens is 410 g/mol. The third-order valence-electron chi connectivity index (χ3n) is 7.23. The summed E-state index contributed by atoms with van der Waals surface area (Å²) in [5.41, 5.74) is 9.79. The van der Waals surface area contributed by atoms with Crippen LogP contribution in [0.4, 0.5) is 5.69 Å². The van der Waals surface area contributed by atoms with Gasteiger partial charge in [0.25, 0.3) is 0 Å². The maximum atomic E-state index is 13.4. The largest absolute Gasteiger partial charge is 0.399 e. The highest BCUT2D eigenvalue weighted by Gasteiger charge is 2.37. The van der Waals surface area contributed by atoms with E-state index in [2.05, 4.69) is 47.5 Å². The van der Waals surface area contributed by atoms with Gasteiger partial charge in [0.05, 0.1) is 11.7 Å². The standard InChI is InChI=1S/C27H41N5O/c1-18(28)23-14-9-10-15-24(23)31-27(33)25-16-11-17-32(25)21(4)26(22-12-7-6-8-13-22)30-20(3)19(2)29-5/h9-10,14-15,19,22,25-26,29-30H,1,3-4,6-8,11-13,16-17,28H2,2,5H3,(H,31,33)/t19-,25-,26+/m0/s1. The minimum atomic E-state index is -0.250. The summed E-state index contributed by atoms with van der Waals surface area (Å²) in [6.45, 7) is 15.6. The highest BCUT2D eigenvalue weighted by molar-refractivity contribution is 5.97. The van der Waals surface area contributed by atoms with Gasteiger partial charge in [-0.15, -0.1) is 0 Å². The molecule has 1 heterocycles. The van der Waals surface area contributed by atoms with E-state index < -0.39 is 0 Å². The zero-order valence-electron chi connectivity index (χ0n) is 20.3. The Morgan fingerprint density at radius 3 is 2.45 bits per heavy atom. The van der Waals surface area contributed by atoms with E-state index in [0.29, 0.717) is 17.3 Å². The molecule has 0 aromatic heterocycles. The van der Waals surface area contributed by atoms with Gasteiger partial charge in [0, 0.05) is 35.2 Å². The second kappa shape index (κ2) is 11.4. The number of nitrogens with two attached hydrogens (primary N) is 1. The molecule has 0 radical (unpaired) electrons. The summed E-state index contributed by atoms with van der Waals surface area (Å²) in [6, 6.07) is 7.52. The molecule has 0 bridgehead atoms. The Hall–Kier alpha value is -2.73. The molecule has 1 saturated carbocycles. The van der Waals surface area contributed by atoms with E-state index in [4.69, 9.17) is 5.73 Å². The lowest BCUT2D eigenvalue weighted by atomic mass is 9.82. The summed E-state index contributed by atoms with van der Waals surface area (Å²) >= 11 is 0. The molecular formula is C27H41N5O. The number of likely N-dealkylation sites (tertiary alicyclic amines) is 1. The van der Waals surface area contributed by atoms with E-state index in [1.165, 1.54) is 32.1 Å². The fourth-order valence-electron chi connectivity index (χ4n) is 5.09. The molecule has 0 unspecified atom stereocenters. The molecule has 1 amide bonds. The number of nitrogens with zero attached hydrogens (tertiary/aromatic N) is 1. The molecule has 3 atom stereocenters. The van der Waals surface area contributed by atoms with Gasteiger partial charge in [0.15, 0.2) is 0 Å². The number of amides is 1. The molecule has 2 fully saturated rings. The highest BCUT2D eigenvalue weighted by Crippen LogP contribution is 2.34. The van der Waals surface area contributed by atoms with Gasteiger partial charge in [-0.25, -0.2) is 0 Å². The van der Waals surface area contributed by atoms with Gasteiger partial charge >= 0.3 is 0 Å². The van der Waals surface area contributed by atoms with Crippen molar-refractivity contribution >= 4 is 17.3 Å². The van der Waals surface area contributed by atoms with Gasteiger partial charge in [0.1, 0.15) is 6.04 Å². The average molecular weight is 452 g/mol. The van der Waals surface area contributed by atoms with Crippen LogP contribution in [0.3, 0.4) is 0 Å². The number of benzene rings is 1. The number of carbonyl (C=O) groups is 1. The van der Waals surface area contributed by atoms with Gasteiger partial charge in [-0.2, -0.15) is 0 Å². The third-order valence-corrected chi connectivity index (χ3v) is 7.23. The van der Waals surface area contributed by atoms with Crippen LogP contribution in [0.5, 0.6) is 0 Å². The topological polar surface area (TPSA) is 82.4 Å². The predicted octanol–water partition coefficient (Wildman–Crippen LogP) is 4.19. The molecule has 1 saturated heterocycles. The van der Waals surface area contributed by atoms with E-state index in [1.807, 2.05) is 31.3 Å². The molecule has 2 aliphatic rings. The van der Waals surface area contributed by atoms with E-state index in [0.717, 1.165) is 36.3 Å². The Bertz CT molecular complexity index is 873. The fraction of sp³-hybridized carbons (Fsp3) is 0.519. The van der Waals surface area contributed by atoms with Crippen LogP contribution in [-0.2, 0) is 4.79 Å². The van der Waals surface area contributed by atoms with E-state index in [-0.39, 0.29) is 24.0 Å². The Morgan fingerprint density at radius 1 is 1.09 bits per heavy atom. The molecule has 1 aliphatic heterocycles. The Kier molecular flexibility index (Phi) is 8.61. The molecule has 1 aromatic rings. The highest BCUT2D eigenvalue weighted by atomic mass is 16.2. The maximum Gasteiger partial charge on any atom is 0.247 e. The third kappa shape index (κ3) is 5.99. The monoisotopic (exact) mass is 451 g/mol. The van der Waals surface area contributed by atoms with Gasteiger partial charge in [0.2, 0.25) is 5.91 Å². The summed E-state index contributed by atoms with van der Waals surface area (Å²) in [5, 5.41) is 10.0. The molecule has 0 spiro atoms. The number of rotatable bonds is 10. The Balaban J connectivity index is 1.78. The second-order valence-corrected chi connectivity index (χ2v) is 9.46. The van der Waals surface area contributed by atoms with Gasteiger partial charge in [-0.05, 0) is 51.6 Å². The normalized spacial score (nSPS) is 20.7. The zero-order valence-corrected chi connectivity index (χ0v) is 20.3. The average Bonchev–Trinajstić information content (AvgIpc) is 3.32. The van der Waals surface area contributed by atoms with Crippen LogP contribution in [0.25, 0.3) is 5.70 Å².